The van der Waals surface area contributed by atoms with Crippen LogP contribution in [0.15, 0.2) is 24.3 Å². The van der Waals surface area contributed by atoms with Crippen molar-refractivity contribution in [1.82, 2.24) is 0 Å². The summed E-state index contributed by atoms with van der Waals surface area (Å²) in [7, 11) is 0. The van der Waals surface area contributed by atoms with Gasteiger partial charge in [0.15, 0.2) is 0 Å². The van der Waals surface area contributed by atoms with E-state index in [1.807, 2.05) is 12.1 Å². The van der Waals surface area contributed by atoms with Crippen molar-refractivity contribution < 1.29 is 4.39 Å². The molecule has 0 N–H and O–H groups in total. The Hall–Kier alpha value is -0.0513. The predicted octanol–water partition coefficient (Wildman–Crippen LogP) is 5.88. The Balaban J connectivity index is 3.08. The van der Waals surface area contributed by atoms with Crippen LogP contribution in [0.1, 0.15) is 59.3 Å². The fourth-order valence-corrected chi connectivity index (χ4v) is 19.5. The zero-order valence-corrected chi connectivity index (χ0v) is 16.4. The summed E-state index contributed by atoms with van der Waals surface area (Å²) >= 11 is -2.53. The predicted molar refractivity (Wildman–Crippen MR) is 90.9 cm³/mol. The molecule has 0 spiro atoms. The van der Waals surface area contributed by atoms with Crippen molar-refractivity contribution in [3.63, 3.8) is 0 Å². The molecule has 0 aliphatic rings. The maximum absolute atomic E-state index is 14.4. The Bertz CT molecular complexity index is 354. The van der Waals surface area contributed by atoms with E-state index in [2.05, 4.69) is 26.8 Å². The third kappa shape index (κ3) is 5.05. The maximum atomic E-state index is 14.4. The second-order valence-corrected chi connectivity index (χ2v) is 19.2. The number of unbranched alkanes of at least 4 members (excludes halogenated alkanes) is 3. The van der Waals surface area contributed by atoms with Crippen molar-refractivity contribution in [2.75, 3.05) is 0 Å². The average Bonchev–Trinajstić information content (AvgIpc) is 2.48. The Morgan fingerprint density at radius 3 is 1.65 bits per heavy atom. The molecule has 0 unspecified atom stereocenters. The normalized spacial score (nSPS) is 11.8. The number of hydrogen-bond acceptors (Lipinski definition) is 0. The van der Waals surface area contributed by atoms with Gasteiger partial charge in [-0.2, -0.15) is 0 Å². The second-order valence-electron chi connectivity index (χ2n) is 6.07. The molecule has 0 fully saturated rings. The third-order valence-electron chi connectivity index (χ3n) is 4.47. The summed E-state index contributed by atoms with van der Waals surface area (Å²) in [5, 5.41) is 0. The van der Waals surface area contributed by atoms with E-state index in [4.69, 9.17) is 0 Å². The zero-order valence-electron chi connectivity index (χ0n) is 13.6. The van der Waals surface area contributed by atoms with Crippen LogP contribution in [0, 0.1) is 5.82 Å². The van der Waals surface area contributed by atoms with Gasteiger partial charge in [-0.05, 0) is 0 Å². The van der Waals surface area contributed by atoms with E-state index in [0.29, 0.717) is 0 Å². The Morgan fingerprint density at radius 1 is 0.800 bits per heavy atom. The van der Waals surface area contributed by atoms with Crippen LogP contribution in [-0.4, -0.2) is 18.4 Å². The number of halogens is 1. The first kappa shape index (κ1) is 18.0. The van der Waals surface area contributed by atoms with Crippen LogP contribution < -0.4 is 3.58 Å². The van der Waals surface area contributed by atoms with Crippen LogP contribution in [-0.2, 0) is 0 Å². The Labute approximate surface area is 129 Å². The van der Waals surface area contributed by atoms with Crippen molar-refractivity contribution in [3.8, 4) is 0 Å². The quantitative estimate of drug-likeness (QED) is 0.441. The average molecular weight is 385 g/mol. The number of benzene rings is 1. The van der Waals surface area contributed by atoms with Gasteiger partial charge >= 0.3 is 129 Å². The Kier molecular flexibility index (Phi) is 8.83. The molecule has 0 amide bonds. The first-order valence-corrected chi connectivity index (χ1v) is 15.9. The van der Waals surface area contributed by atoms with Gasteiger partial charge in [0.1, 0.15) is 0 Å². The van der Waals surface area contributed by atoms with Crippen LogP contribution in [0.5, 0.6) is 0 Å². The molecular formula is C18H31FSn. The van der Waals surface area contributed by atoms with Gasteiger partial charge in [0, 0.05) is 0 Å². The van der Waals surface area contributed by atoms with E-state index in [-0.39, 0.29) is 5.82 Å². The van der Waals surface area contributed by atoms with Crippen molar-refractivity contribution in [2.45, 2.75) is 72.6 Å². The summed E-state index contributed by atoms with van der Waals surface area (Å²) in [6.07, 6.45) is 7.59. The number of hydrogen-bond donors (Lipinski definition) is 0. The van der Waals surface area contributed by atoms with E-state index in [1.54, 1.807) is 6.07 Å². The molecule has 1 aromatic rings. The van der Waals surface area contributed by atoms with Crippen LogP contribution in [0.25, 0.3) is 0 Å². The molecule has 0 nitrogen and oxygen atoms in total. The minimum absolute atomic E-state index is 0.0895. The van der Waals surface area contributed by atoms with Crippen molar-refractivity contribution >= 4 is 22.0 Å². The standard InChI is InChI=1S/C6H4F.3C4H9.Sn/c7-6-4-2-1-3-5-6;3*1-3-4-2;/h1-4H;3*1,3-4H2,2H3;. The van der Waals surface area contributed by atoms with Gasteiger partial charge in [0.25, 0.3) is 0 Å². The van der Waals surface area contributed by atoms with Crippen molar-refractivity contribution in [3.05, 3.63) is 30.1 Å². The molecular weight excluding hydrogens is 354 g/mol. The van der Waals surface area contributed by atoms with Gasteiger partial charge in [-0.1, -0.05) is 0 Å². The molecule has 0 saturated carbocycles. The molecule has 1 rings (SSSR count). The number of rotatable bonds is 10. The van der Waals surface area contributed by atoms with Crippen LogP contribution in [0.3, 0.4) is 0 Å². The van der Waals surface area contributed by atoms with E-state index in [0.717, 1.165) is 0 Å². The van der Waals surface area contributed by atoms with E-state index in [9.17, 15) is 4.39 Å². The van der Waals surface area contributed by atoms with E-state index in [1.165, 1.54) is 55.4 Å². The molecule has 0 atom stereocenters. The summed E-state index contributed by atoms with van der Waals surface area (Å²) in [6, 6.07) is 7.69. The molecule has 0 aliphatic heterocycles. The summed E-state index contributed by atoms with van der Waals surface area (Å²) in [5.74, 6) is 0.0895. The molecule has 0 aromatic heterocycles. The first-order valence-electron chi connectivity index (χ1n) is 8.45. The fourth-order valence-electron chi connectivity index (χ4n) is 3.22. The molecule has 0 saturated heterocycles. The van der Waals surface area contributed by atoms with Crippen molar-refractivity contribution in [1.29, 1.82) is 0 Å². The minimum atomic E-state index is -2.53. The first-order chi connectivity index (χ1) is 9.70. The molecule has 2 heteroatoms. The molecule has 0 radical (unpaired) electrons. The Morgan fingerprint density at radius 2 is 1.25 bits per heavy atom. The van der Waals surface area contributed by atoms with Gasteiger partial charge in [-0.3, -0.25) is 0 Å². The van der Waals surface area contributed by atoms with Crippen LogP contribution in [0.2, 0.25) is 13.3 Å². The van der Waals surface area contributed by atoms with Gasteiger partial charge in [0.2, 0.25) is 0 Å². The summed E-state index contributed by atoms with van der Waals surface area (Å²) in [6.45, 7) is 6.78. The summed E-state index contributed by atoms with van der Waals surface area (Å²) in [4.78, 5) is 0. The third-order valence-corrected chi connectivity index (χ3v) is 20.1. The molecule has 20 heavy (non-hydrogen) atoms. The van der Waals surface area contributed by atoms with Crippen LogP contribution in [0.4, 0.5) is 4.39 Å². The molecule has 0 aliphatic carbocycles. The monoisotopic (exact) mass is 386 g/mol. The molecule has 0 bridgehead atoms. The molecule has 114 valence electrons. The van der Waals surface area contributed by atoms with E-state index >= 15 is 0 Å². The van der Waals surface area contributed by atoms with Gasteiger partial charge in [-0.25, -0.2) is 0 Å². The second kappa shape index (κ2) is 9.81. The fraction of sp³-hybridized carbons (Fsp3) is 0.667. The topological polar surface area (TPSA) is 0 Å². The SMILES string of the molecule is CCC[CH2][Sn]([CH2]CCC)([CH2]CCC)[c]1ccccc1F. The summed E-state index contributed by atoms with van der Waals surface area (Å²) < 4.78 is 19.6. The van der Waals surface area contributed by atoms with Gasteiger partial charge < -0.3 is 0 Å². The summed E-state index contributed by atoms with van der Waals surface area (Å²) in [5.41, 5.74) is 0. The molecule has 0 heterocycles. The van der Waals surface area contributed by atoms with Gasteiger partial charge in [0.05, 0.1) is 0 Å². The van der Waals surface area contributed by atoms with E-state index < -0.39 is 18.4 Å². The van der Waals surface area contributed by atoms with Crippen molar-refractivity contribution in [2.24, 2.45) is 0 Å². The van der Waals surface area contributed by atoms with Gasteiger partial charge in [-0.15, -0.1) is 0 Å². The molecule has 1 aromatic carbocycles. The van der Waals surface area contributed by atoms with Crippen LogP contribution >= 0.6 is 0 Å². The zero-order chi connectivity index (χ0) is 14.8.